The van der Waals surface area contributed by atoms with Crippen molar-refractivity contribution in [2.45, 2.75) is 12.8 Å². The molecule has 4 nitrogen and oxygen atoms in total. The van der Waals surface area contributed by atoms with Crippen LogP contribution < -0.4 is 10.6 Å². The van der Waals surface area contributed by atoms with Gasteiger partial charge in [0.1, 0.15) is 5.76 Å². The van der Waals surface area contributed by atoms with Crippen LogP contribution >= 0.6 is 0 Å². The summed E-state index contributed by atoms with van der Waals surface area (Å²) < 4.78 is 5.54. The number of anilines is 1. The highest BCUT2D eigenvalue weighted by Gasteiger charge is 2.26. The highest BCUT2D eigenvalue weighted by Crippen LogP contribution is 2.29. The summed E-state index contributed by atoms with van der Waals surface area (Å²) in [7, 11) is 0. The van der Waals surface area contributed by atoms with Gasteiger partial charge in [-0.3, -0.25) is 4.79 Å². The third-order valence-corrected chi connectivity index (χ3v) is 3.40. The summed E-state index contributed by atoms with van der Waals surface area (Å²) in [6.45, 7) is 1.23. The molecular formula is C15H16N2O2. The first-order valence-electron chi connectivity index (χ1n) is 6.48. The van der Waals surface area contributed by atoms with Crippen molar-refractivity contribution in [2.24, 2.45) is 5.73 Å². The Bertz CT molecular complexity index is 604. The van der Waals surface area contributed by atoms with Crippen LogP contribution in [0.2, 0.25) is 0 Å². The molecule has 0 radical (unpaired) electrons. The van der Waals surface area contributed by atoms with Crippen molar-refractivity contribution in [3.63, 3.8) is 0 Å². The third-order valence-electron chi connectivity index (χ3n) is 3.40. The van der Waals surface area contributed by atoms with Gasteiger partial charge >= 0.3 is 0 Å². The molecule has 0 atom stereocenters. The number of fused-ring (bicyclic) bond motifs is 1. The number of furan rings is 1. The monoisotopic (exact) mass is 256 g/mol. The van der Waals surface area contributed by atoms with Gasteiger partial charge in [0.15, 0.2) is 5.76 Å². The topological polar surface area (TPSA) is 59.5 Å². The van der Waals surface area contributed by atoms with Crippen molar-refractivity contribution >= 4 is 11.6 Å². The number of rotatable bonds is 3. The number of para-hydroxylation sites is 1. The number of hydrogen-bond acceptors (Lipinski definition) is 3. The Morgan fingerprint density at radius 2 is 2.11 bits per heavy atom. The van der Waals surface area contributed by atoms with Crippen LogP contribution in [-0.2, 0) is 12.8 Å². The fourth-order valence-corrected chi connectivity index (χ4v) is 2.45. The fourth-order valence-electron chi connectivity index (χ4n) is 2.45. The normalized spacial score (nSPS) is 13.6. The molecule has 0 fully saturated rings. The Morgan fingerprint density at radius 3 is 2.95 bits per heavy atom. The Morgan fingerprint density at radius 1 is 1.26 bits per heavy atom. The van der Waals surface area contributed by atoms with Crippen LogP contribution in [0.3, 0.4) is 0 Å². The second kappa shape index (κ2) is 4.90. The fraction of sp³-hybridized carbons (Fsp3) is 0.267. The molecule has 0 saturated carbocycles. The van der Waals surface area contributed by atoms with Crippen molar-refractivity contribution in [3.05, 3.63) is 53.5 Å². The maximum absolute atomic E-state index is 12.4. The van der Waals surface area contributed by atoms with Crippen LogP contribution in [-0.4, -0.2) is 19.0 Å². The van der Waals surface area contributed by atoms with E-state index in [0.717, 1.165) is 17.9 Å². The molecule has 98 valence electrons. The number of benzene rings is 1. The predicted molar refractivity (Wildman–Crippen MR) is 73.3 cm³/mol. The van der Waals surface area contributed by atoms with Gasteiger partial charge in [-0.15, -0.1) is 0 Å². The molecule has 2 heterocycles. The van der Waals surface area contributed by atoms with Crippen LogP contribution in [0.4, 0.5) is 5.69 Å². The lowest BCUT2D eigenvalue weighted by molar-refractivity contribution is 0.0961. The van der Waals surface area contributed by atoms with E-state index in [1.807, 2.05) is 24.3 Å². The molecule has 1 aliphatic rings. The van der Waals surface area contributed by atoms with Gasteiger partial charge < -0.3 is 15.1 Å². The SMILES string of the molecule is NCCc1ccc(C(=O)N2CCc3ccccc32)o1. The summed E-state index contributed by atoms with van der Waals surface area (Å²) in [5.41, 5.74) is 7.68. The molecule has 0 bridgehead atoms. The van der Waals surface area contributed by atoms with Gasteiger partial charge in [-0.1, -0.05) is 18.2 Å². The van der Waals surface area contributed by atoms with Crippen molar-refractivity contribution in [1.82, 2.24) is 0 Å². The van der Waals surface area contributed by atoms with Gasteiger partial charge in [-0.05, 0) is 36.7 Å². The lowest BCUT2D eigenvalue weighted by atomic mass is 10.2. The second-order valence-corrected chi connectivity index (χ2v) is 4.64. The predicted octanol–water partition coefficient (Wildman–Crippen LogP) is 1.98. The highest BCUT2D eigenvalue weighted by molar-refractivity contribution is 6.05. The van der Waals surface area contributed by atoms with E-state index in [1.54, 1.807) is 11.0 Å². The molecule has 19 heavy (non-hydrogen) atoms. The Balaban J connectivity index is 1.85. The molecular weight excluding hydrogens is 240 g/mol. The van der Waals surface area contributed by atoms with Crippen molar-refractivity contribution in [2.75, 3.05) is 18.0 Å². The summed E-state index contributed by atoms with van der Waals surface area (Å²) >= 11 is 0. The van der Waals surface area contributed by atoms with Crippen molar-refractivity contribution in [3.8, 4) is 0 Å². The van der Waals surface area contributed by atoms with Crippen molar-refractivity contribution in [1.29, 1.82) is 0 Å². The maximum Gasteiger partial charge on any atom is 0.293 e. The van der Waals surface area contributed by atoms with Crippen LogP contribution in [0.5, 0.6) is 0 Å². The second-order valence-electron chi connectivity index (χ2n) is 4.64. The maximum atomic E-state index is 12.4. The summed E-state index contributed by atoms with van der Waals surface area (Å²) in [5.74, 6) is 1.08. The van der Waals surface area contributed by atoms with Crippen LogP contribution in [0, 0.1) is 0 Å². The zero-order valence-corrected chi connectivity index (χ0v) is 10.6. The van der Waals surface area contributed by atoms with E-state index in [2.05, 4.69) is 6.07 Å². The van der Waals surface area contributed by atoms with E-state index in [4.69, 9.17) is 10.2 Å². The molecule has 0 aliphatic carbocycles. The molecule has 1 aliphatic heterocycles. The minimum absolute atomic E-state index is 0.0757. The van der Waals surface area contributed by atoms with Gasteiger partial charge in [-0.25, -0.2) is 0 Å². The van der Waals surface area contributed by atoms with Gasteiger partial charge in [0, 0.05) is 18.7 Å². The molecule has 3 rings (SSSR count). The average Bonchev–Trinajstić information content (AvgIpc) is 3.05. The standard InChI is InChI=1S/C15H16N2O2/c16-9-7-12-5-6-14(19-12)15(18)17-10-8-11-3-1-2-4-13(11)17/h1-6H,7-10,16H2. The summed E-state index contributed by atoms with van der Waals surface area (Å²) in [6.07, 6.45) is 1.56. The summed E-state index contributed by atoms with van der Waals surface area (Å²) in [5, 5.41) is 0. The first kappa shape index (κ1) is 12.0. The first-order valence-corrected chi connectivity index (χ1v) is 6.48. The third kappa shape index (κ3) is 2.15. The van der Waals surface area contributed by atoms with E-state index in [9.17, 15) is 4.79 Å². The number of amides is 1. The molecule has 1 aromatic carbocycles. The largest absolute Gasteiger partial charge is 0.456 e. The smallest absolute Gasteiger partial charge is 0.293 e. The van der Waals surface area contributed by atoms with E-state index in [-0.39, 0.29) is 5.91 Å². The van der Waals surface area contributed by atoms with E-state index in [1.165, 1.54) is 5.56 Å². The Hall–Kier alpha value is -2.07. The molecule has 1 aromatic heterocycles. The lowest BCUT2D eigenvalue weighted by Gasteiger charge is -2.15. The zero-order valence-electron chi connectivity index (χ0n) is 10.6. The van der Waals surface area contributed by atoms with E-state index < -0.39 is 0 Å². The molecule has 0 saturated heterocycles. The Labute approximate surface area is 111 Å². The van der Waals surface area contributed by atoms with Crippen LogP contribution in [0.1, 0.15) is 21.9 Å². The lowest BCUT2D eigenvalue weighted by Crippen LogP contribution is -2.28. The minimum atomic E-state index is -0.0757. The van der Waals surface area contributed by atoms with Crippen molar-refractivity contribution < 1.29 is 9.21 Å². The average molecular weight is 256 g/mol. The Kier molecular flexibility index (Phi) is 3.09. The van der Waals surface area contributed by atoms with E-state index >= 15 is 0 Å². The van der Waals surface area contributed by atoms with Crippen LogP contribution in [0.25, 0.3) is 0 Å². The number of nitrogens with two attached hydrogens (primary N) is 1. The molecule has 2 aromatic rings. The molecule has 4 heteroatoms. The molecule has 1 amide bonds. The van der Waals surface area contributed by atoms with Gasteiger partial charge in [-0.2, -0.15) is 0 Å². The zero-order chi connectivity index (χ0) is 13.2. The van der Waals surface area contributed by atoms with Crippen LogP contribution in [0.15, 0.2) is 40.8 Å². The molecule has 0 unspecified atom stereocenters. The van der Waals surface area contributed by atoms with Gasteiger partial charge in [0.25, 0.3) is 5.91 Å². The van der Waals surface area contributed by atoms with Gasteiger partial charge in [0.2, 0.25) is 0 Å². The summed E-state index contributed by atoms with van der Waals surface area (Å²) in [4.78, 5) is 14.2. The first-order chi connectivity index (χ1) is 9.29. The molecule has 0 spiro atoms. The number of hydrogen-bond donors (Lipinski definition) is 1. The molecule has 2 N–H and O–H groups in total. The van der Waals surface area contributed by atoms with E-state index in [0.29, 0.717) is 25.3 Å². The van der Waals surface area contributed by atoms with Gasteiger partial charge in [0.05, 0.1) is 0 Å². The quantitative estimate of drug-likeness (QED) is 0.913. The number of carbonyl (C=O) groups excluding carboxylic acids is 1. The minimum Gasteiger partial charge on any atom is -0.456 e. The number of nitrogens with zero attached hydrogens (tertiary/aromatic N) is 1. The number of carbonyl (C=O) groups is 1. The summed E-state index contributed by atoms with van der Waals surface area (Å²) in [6, 6.07) is 11.5. The highest BCUT2D eigenvalue weighted by atomic mass is 16.4.